The Kier molecular flexibility index (Phi) is 6.37. The molecule has 0 radical (unpaired) electrons. The average molecular weight is 317 g/mol. The van der Waals surface area contributed by atoms with E-state index >= 15 is 0 Å². The minimum atomic E-state index is -0.476. The maximum absolute atomic E-state index is 4.02. The molecule has 0 aromatic heterocycles. The zero-order valence-corrected chi connectivity index (χ0v) is 15.1. The Morgan fingerprint density at radius 1 is 0.667 bits per heavy atom. The van der Waals surface area contributed by atoms with Crippen molar-refractivity contribution in [1.29, 1.82) is 0 Å². The van der Waals surface area contributed by atoms with Gasteiger partial charge in [0.2, 0.25) is 0 Å². The van der Waals surface area contributed by atoms with Crippen LogP contribution >= 0.6 is 16.1 Å². The SMILES string of the molecule is CC(C)P(NP(c1ccccc1)c1ccccc1)C(C)C. The van der Waals surface area contributed by atoms with E-state index in [1.165, 1.54) is 10.6 Å². The van der Waals surface area contributed by atoms with Crippen molar-refractivity contribution in [2.75, 3.05) is 0 Å². The Labute approximate surface area is 131 Å². The van der Waals surface area contributed by atoms with E-state index in [0.717, 1.165) is 0 Å². The van der Waals surface area contributed by atoms with Crippen molar-refractivity contribution >= 4 is 26.8 Å². The lowest BCUT2D eigenvalue weighted by Crippen LogP contribution is -2.24. The van der Waals surface area contributed by atoms with Gasteiger partial charge in [-0.15, -0.1) is 0 Å². The van der Waals surface area contributed by atoms with Gasteiger partial charge in [-0.3, -0.25) is 4.86 Å². The normalized spacial score (nSPS) is 11.8. The second-order valence-corrected chi connectivity index (χ2v) is 11.1. The summed E-state index contributed by atoms with van der Waals surface area (Å²) in [6, 6.07) is 21.8. The van der Waals surface area contributed by atoms with Crippen LogP contribution in [0.3, 0.4) is 0 Å². The zero-order valence-electron chi connectivity index (χ0n) is 13.3. The van der Waals surface area contributed by atoms with Gasteiger partial charge in [-0.2, -0.15) is 0 Å². The molecule has 0 bridgehead atoms. The van der Waals surface area contributed by atoms with Crippen LogP contribution in [0.4, 0.5) is 0 Å². The molecule has 1 nitrogen and oxygen atoms in total. The van der Waals surface area contributed by atoms with Crippen molar-refractivity contribution in [2.45, 2.75) is 39.0 Å². The smallest absolute Gasteiger partial charge is 0.0290 e. The molecule has 0 fully saturated rings. The molecule has 0 aliphatic rings. The third-order valence-electron chi connectivity index (χ3n) is 3.36. The number of nitrogens with one attached hydrogen (secondary N) is 1. The Morgan fingerprint density at radius 2 is 1.05 bits per heavy atom. The molecule has 0 saturated carbocycles. The third kappa shape index (κ3) is 4.62. The summed E-state index contributed by atoms with van der Waals surface area (Å²) in [6.07, 6.45) is 0. The fraction of sp³-hybridized carbons (Fsp3) is 0.333. The Morgan fingerprint density at radius 3 is 1.38 bits per heavy atom. The van der Waals surface area contributed by atoms with Crippen LogP contribution in [0.1, 0.15) is 27.7 Å². The Bertz CT molecular complexity index is 478. The van der Waals surface area contributed by atoms with Crippen LogP contribution < -0.4 is 15.5 Å². The summed E-state index contributed by atoms with van der Waals surface area (Å²) in [5.74, 6) is 0. The largest absolute Gasteiger partial charge is 0.266 e. The van der Waals surface area contributed by atoms with Crippen LogP contribution in [0.2, 0.25) is 0 Å². The summed E-state index contributed by atoms with van der Waals surface area (Å²) in [4.78, 5) is 4.02. The molecular formula is C18H25NP2. The molecule has 2 aromatic rings. The predicted octanol–water partition coefficient (Wildman–Crippen LogP) is 4.84. The molecule has 0 unspecified atom stereocenters. The standard InChI is InChI=1S/C18H25NP2/c1-15(2)20(16(3)4)19-21(17-11-7-5-8-12-17)18-13-9-6-10-14-18/h5-16,19H,1-4H3. The minimum Gasteiger partial charge on any atom is -0.266 e. The third-order valence-corrected chi connectivity index (χ3v) is 8.94. The molecule has 0 atom stereocenters. The van der Waals surface area contributed by atoms with Crippen molar-refractivity contribution < 1.29 is 0 Å². The highest BCUT2D eigenvalue weighted by Gasteiger charge is 2.23. The molecule has 0 aliphatic heterocycles. The van der Waals surface area contributed by atoms with Crippen molar-refractivity contribution in [3.8, 4) is 0 Å². The average Bonchev–Trinajstić information content (AvgIpc) is 2.49. The molecule has 0 heterocycles. The summed E-state index contributed by atoms with van der Waals surface area (Å²) in [5, 5.41) is 2.82. The Hall–Kier alpha value is -0.740. The lowest BCUT2D eigenvalue weighted by Gasteiger charge is -2.32. The summed E-state index contributed by atoms with van der Waals surface area (Å²) >= 11 is 0. The maximum atomic E-state index is 4.02. The molecular weight excluding hydrogens is 292 g/mol. The first kappa shape index (κ1) is 16.6. The highest BCUT2D eigenvalue weighted by atomic mass is 31.2. The van der Waals surface area contributed by atoms with Gasteiger partial charge in [0.05, 0.1) is 0 Å². The maximum Gasteiger partial charge on any atom is 0.0290 e. The molecule has 0 spiro atoms. The van der Waals surface area contributed by atoms with E-state index in [1.807, 2.05) is 0 Å². The second kappa shape index (κ2) is 8.04. The van der Waals surface area contributed by atoms with E-state index in [1.54, 1.807) is 0 Å². The van der Waals surface area contributed by atoms with Crippen molar-refractivity contribution in [2.24, 2.45) is 0 Å². The van der Waals surface area contributed by atoms with Crippen LogP contribution in [0, 0.1) is 0 Å². The van der Waals surface area contributed by atoms with E-state index in [2.05, 4.69) is 93.2 Å². The number of benzene rings is 2. The van der Waals surface area contributed by atoms with Gasteiger partial charge in [0.1, 0.15) is 0 Å². The summed E-state index contributed by atoms with van der Waals surface area (Å²) in [7, 11) is -0.663. The number of rotatable bonds is 6. The van der Waals surface area contributed by atoms with Gasteiger partial charge in [0.15, 0.2) is 0 Å². The predicted molar refractivity (Wildman–Crippen MR) is 99.4 cm³/mol. The Balaban J connectivity index is 2.33. The van der Waals surface area contributed by atoms with Gasteiger partial charge in [-0.05, 0) is 30.0 Å². The first-order chi connectivity index (χ1) is 10.1. The highest BCUT2D eigenvalue weighted by Crippen LogP contribution is 2.49. The second-order valence-electron chi connectivity index (χ2n) is 5.70. The molecule has 21 heavy (non-hydrogen) atoms. The van der Waals surface area contributed by atoms with E-state index in [0.29, 0.717) is 11.3 Å². The van der Waals surface area contributed by atoms with Gasteiger partial charge in [-0.25, -0.2) is 0 Å². The molecule has 0 amide bonds. The molecule has 0 aliphatic carbocycles. The van der Waals surface area contributed by atoms with Crippen LogP contribution in [0.15, 0.2) is 60.7 Å². The molecule has 112 valence electrons. The van der Waals surface area contributed by atoms with Gasteiger partial charge in [0.25, 0.3) is 0 Å². The summed E-state index contributed by atoms with van der Waals surface area (Å²) < 4.78 is 0. The zero-order chi connectivity index (χ0) is 15.2. The van der Waals surface area contributed by atoms with Gasteiger partial charge in [-0.1, -0.05) is 88.4 Å². The van der Waals surface area contributed by atoms with Crippen LogP contribution in [0.25, 0.3) is 0 Å². The lowest BCUT2D eigenvalue weighted by atomic mass is 10.4. The summed E-state index contributed by atoms with van der Waals surface area (Å²) in [6.45, 7) is 9.34. The number of hydrogen-bond donors (Lipinski definition) is 1. The molecule has 2 aromatic carbocycles. The monoisotopic (exact) mass is 317 g/mol. The summed E-state index contributed by atoms with van der Waals surface area (Å²) in [5.41, 5.74) is 1.38. The van der Waals surface area contributed by atoms with E-state index < -0.39 is 8.07 Å². The number of hydrogen-bond acceptors (Lipinski definition) is 1. The quantitative estimate of drug-likeness (QED) is 0.752. The minimum absolute atomic E-state index is 0.186. The van der Waals surface area contributed by atoms with Gasteiger partial charge >= 0.3 is 0 Å². The van der Waals surface area contributed by atoms with Gasteiger partial charge < -0.3 is 0 Å². The molecule has 2 rings (SSSR count). The topological polar surface area (TPSA) is 12.0 Å². The van der Waals surface area contributed by atoms with Crippen LogP contribution in [-0.2, 0) is 0 Å². The van der Waals surface area contributed by atoms with E-state index in [4.69, 9.17) is 0 Å². The van der Waals surface area contributed by atoms with E-state index in [-0.39, 0.29) is 8.07 Å². The van der Waals surface area contributed by atoms with Crippen molar-refractivity contribution in [3.63, 3.8) is 0 Å². The van der Waals surface area contributed by atoms with Crippen LogP contribution in [0.5, 0.6) is 0 Å². The first-order valence-corrected chi connectivity index (χ1v) is 10.4. The fourth-order valence-electron chi connectivity index (χ4n) is 2.36. The van der Waals surface area contributed by atoms with E-state index in [9.17, 15) is 0 Å². The lowest BCUT2D eigenvalue weighted by molar-refractivity contribution is 0.997. The van der Waals surface area contributed by atoms with Crippen molar-refractivity contribution in [3.05, 3.63) is 60.7 Å². The van der Waals surface area contributed by atoms with Gasteiger partial charge in [0, 0.05) is 8.07 Å². The first-order valence-electron chi connectivity index (χ1n) is 7.54. The molecule has 3 heteroatoms. The molecule has 0 saturated heterocycles. The highest BCUT2D eigenvalue weighted by molar-refractivity contribution is 7.80. The van der Waals surface area contributed by atoms with Crippen molar-refractivity contribution in [1.82, 2.24) is 4.86 Å². The molecule has 1 N–H and O–H groups in total. The van der Waals surface area contributed by atoms with Crippen LogP contribution in [-0.4, -0.2) is 11.3 Å². The fourth-order valence-corrected chi connectivity index (χ4v) is 8.49.